The van der Waals surface area contributed by atoms with E-state index in [1.807, 2.05) is 0 Å². The highest BCUT2D eigenvalue weighted by atomic mass is 14.9. The molecule has 0 aliphatic rings. The van der Waals surface area contributed by atoms with Gasteiger partial charge in [0.15, 0.2) is 0 Å². The Kier molecular flexibility index (Phi) is 5.38. The van der Waals surface area contributed by atoms with Crippen LogP contribution in [0, 0.1) is 0 Å². The predicted octanol–water partition coefficient (Wildman–Crippen LogP) is 2.32. The summed E-state index contributed by atoms with van der Waals surface area (Å²) in [6.07, 6.45) is 4.34. The van der Waals surface area contributed by atoms with Crippen molar-refractivity contribution < 1.29 is 0 Å². The second kappa shape index (κ2) is 5.52. The van der Waals surface area contributed by atoms with Gasteiger partial charge in [0.2, 0.25) is 0 Å². The Morgan fingerprint density at radius 3 is 1.21 bits per heavy atom. The second-order valence-corrected chi connectivity index (χ2v) is 5.73. The Morgan fingerprint density at radius 2 is 1.00 bits per heavy atom. The van der Waals surface area contributed by atoms with Gasteiger partial charge in [0, 0.05) is 24.2 Å². The van der Waals surface area contributed by atoms with Crippen LogP contribution in [0.5, 0.6) is 0 Å². The van der Waals surface area contributed by atoms with Crippen LogP contribution in [-0.4, -0.2) is 24.2 Å². The lowest BCUT2D eigenvalue weighted by atomic mass is 10.1. The van der Waals surface area contributed by atoms with E-state index in [4.69, 9.17) is 0 Å². The quantitative estimate of drug-likeness (QED) is 0.677. The fraction of sp³-hybridized carbons (Fsp3) is 0.833. The summed E-state index contributed by atoms with van der Waals surface area (Å²) >= 11 is 0. The highest BCUT2D eigenvalue weighted by Crippen LogP contribution is 1.98. The number of nitrogens with one attached hydrogen (secondary N) is 2. The first-order valence-electron chi connectivity index (χ1n) is 5.36. The molecule has 0 rings (SSSR count). The van der Waals surface area contributed by atoms with Crippen LogP contribution in [0.3, 0.4) is 0 Å². The zero-order chi connectivity index (χ0) is 11.2. The van der Waals surface area contributed by atoms with Crippen molar-refractivity contribution in [3.63, 3.8) is 0 Å². The fourth-order valence-electron chi connectivity index (χ4n) is 0.897. The first kappa shape index (κ1) is 13.7. The van der Waals surface area contributed by atoms with Crippen molar-refractivity contribution in [1.29, 1.82) is 0 Å². The summed E-state index contributed by atoms with van der Waals surface area (Å²) in [7, 11) is 0. The largest absolute Gasteiger partial charge is 0.309 e. The zero-order valence-corrected chi connectivity index (χ0v) is 10.6. The first-order valence-corrected chi connectivity index (χ1v) is 5.36. The molecule has 0 bridgehead atoms. The topological polar surface area (TPSA) is 24.1 Å². The molecule has 0 aromatic rings. The van der Waals surface area contributed by atoms with Gasteiger partial charge in [-0.25, -0.2) is 0 Å². The van der Waals surface area contributed by atoms with E-state index in [0.717, 1.165) is 13.1 Å². The van der Waals surface area contributed by atoms with Gasteiger partial charge in [0.05, 0.1) is 0 Å². The van der Waals surface area contributed by atoms with Gasteiger partial charge >= 0.3 is 0 Å². The summed E-state index contributed by atoms with van der Waals surface area (Å²) in [6.45, 7) is 14.9. The lowest BCUT2D eigenvalue weighted by Gasteiger charge is -2.20. The van der Waals surface area contributed by atoms with Gasteiger partial charge < -0.3 is 10.6 Å². The van der Waals surface area contributed by atoms with Crippen molar-refractivity contribution in [3.05, 3.63) is 12.2 Å². The molecule has 0 fully saturated rings. The molecule has 0 saturated heterocycles. The van der Waals surface area contributed by atoms with Crippen LogP contribution in [0.15, 0.2) is 12.2 Å². The Balaban J connectivity index is 3.47. The van der Waals surface area contributed by atoms with E-state index in [9.17, 15) is 0 Å². The molecule has 0 heterocycles. The van der Waals surface area contributed by atoms with Gasteiger partial charge in [-0.3, -0.25) is 0 Å². The minimum atomic E-state index is 0.210. The minimum absolute atomic E-state index is 0.210. The van der Waals surface area contributed by atoms with E-state index in [-0.39, 0.29) is 11.1 Å². The average molecular weight is 198 g/mol. The Morgan fingerprint density at radius 1 is 0.714 bits per heavy atom. The van der Waals surface area contributed by atoms with Crippen LogP contribution in [0.2, 0.25) is 0 Å². The third-order valence-corrected chi connectivity index (χ3v) is 1.67. The minimum Gasteiger partial charge on any atom is -0.309 e. The molecule has 2 N–H and O–H groups in total. The van der Waals surface area contributed by atoms with Gasteiger partial charge in [0.1, 0.15) is 0 Å². The van der Waals surface area contributed by atoms with Crippen molar-refractivity contribution in [1.82, 2.24) is 10.6 Å². The Bertz CT molecular complexity index is 150. The van der Waals surface area contributed by atoms with Crippen LogP contribution >= 0.6 is 0 Å². The summed E-state index contributed by atoms with van der Waals surface area (Å²) in [5.41, 5.74) is 0.420. The van der Waals surface area contributed by atoms with Crippen molar-refractivity contribution >= 4 is 0 Å². The summed E-state index contributed by atoms with van der Waals surface area (Å²) in [6, 6.07) is 0. The Hall–Kier alpha value is -0.340. The molecule has 0 unspecified atom stereocenters. The summed E-state index contributed by atoms with van der Waals surface area (Å²) < 4.78 is 0. The number of rotatable bonds is 4. The third-order valence-electron chi connectivity index (χ3n) is 1.67. The molecule has 0 saturated carbocycles. The summed E-state index contributed by atoms with van der Waals surface area (Å²) in [5.74, 6) is 0. The lowest BCUT2D eigenvalue weighted by molar-refractivity contribution is 0.443. The molecule has 0 aliphatic carbocycles. The van der Waals surface area contributed by atoms with E-state index in [1.54, 1.807) is 0 Å². The molecule has 0 atom stereocenters. The first-order chi connectivity index (χ1) is 6.21. The highest BCUT2D eigenvalue weighted by molar-refractivity contribution is 4.89. The molecule has 0 spiro atoms. The Labute approximate surface area is 89.2 Å². The van der Waals surface area contributed by atoms with E-state index in [0.29, 0.717) is 0 Å². The van der Waals surface area contributed by atoms with E-state index < -0.39 is 0 Å². The molecule has 14 heavy (non-hydrogen) atoms. The van der Waals surface area contributed by atoms with E-state index in [2.05, 4.69) is 64.3 Å². The van der Waals surface area contributed by atoms with Crippen molar-refractivity contribution in [2.24, 2.45) is 0 Å². The SMILES string of the molecule is CC(C)(C)NCC=CCNC(C)(C)C. The van der Waals surface area contributed by atoms with Gasteiger partial charge in [-0.2, -0.15) is 0 Å². The molecule has 2 heteroatoms. The van der Waals surface area contributed by atoms with Crippen molar-refractivity contribution in [2.45, 2.75) is 52.6 Å². The molecule has 0 aliphatic heterocycles. The van der Waals surface area contributed by atoms with Crippen LogP contribution < -0.4 is 10.6 Å². The maximum Gasteiger partial charge on any atom is 0.0140 e. The molecular weight excluding hydrogens is 172 g/mol. The van der Waals surface area contributed by atoms with Gasteiger partial charge in [-0.15, -0.1) is 0 Å². The molecule has 2 nitrogen and oxygen atoms in total. The van der Waals surface area contributed by atoms with Crippen molar-refractivity contribution in [2.75, 3.05) is 13.1 Å². The highest BCUT2D eigenvalue weighted by Gasteiger charge is 2.06. The maximum absolute atomic E-state index is 3.40. The molecule has 0 radical (unpaired) electrons. The van der Waals surface area contributed by atoms with Crippen molar-refractivity contribution in [3.8, 4) is 0 Å². The predicted molar refractivity (Wildman–Crippen MR) is 64.7 cm³/mol. The normalized spacial score (nSPS) is 13.9. The zero-order valence-electron chi connectivity index (χ0n) is 10.6. The summed E-state index contributed by atoms with van der Waals surface area (Å²) in [4.78, 5) is 0. The second-order valence-electron chi connectivity index (χ2n) is 5.73. The monoisotopic (exact) mass is 198 g/mol. The van der Waals surface area contributed by atoms with Crippen LogP contribution in [0.1, 0.15) is 41.5 Å². The average Bonchev–Trinajstić information content (AvgIpc) is 1.92. The summed E-state index contributed by atoms with van der Waals surface area (Å²) in [5, 5.41) is 6.81. The lowest BCUT2D eigenvalue weighted by Crippen LogP contribution is -2.36. The van der Waals surface area contributed by atoms with Gasteiger partial charge in [-0.05, 0) is 41.5 Å². The van der Waals surface area contributed by atoms with Crippen LogP contribution in [0.25, 0.3) is 0 Å². The standard InChI is InChI=1S/C12H26N2/c1-11(2,3)13-9-7-8-10-14-12(4,5)6/h7-8,13-14H,9-10H2,1-6H3. The molecule has 0 aromatic carbocycles. The molecule has 0 aromatic heterocycles. The molecular formula is C12H26N2. The van der Waals surface area contributed by atoms with Gasteiger partial charge in [-0.1, -0.05) is 12.2 Å². The van der Waals surface area contributed by atoms with Crippen LogP contribution in [0.4, 0.5) is 0 Å². The molecule has 0 amide bonds. The number of hydrogen-bond donors (Lipinski definition) is 2. The third kappa shape index (κ3) is 11.7. The van der Waals surface area contributed by atoms with E-state index >= 15 is 0 Å². The number of hydrogen-bond acceptors (Lipinski definition) is 2. The van der Waals surface area contributed by atoms with E-state index in [1.165, 1.54) is 0 Å². The molecule has 84 valence electrons. The van der Waals surface area contributed by atoms with Gasteiger partial charge in [0.25, 0.3) is 0 Å². The smallest absolute Gasteiger partial charge is 0.0140 e. The van der Waals surface area contributed by atoms with Crippen LogP contribution in [-0.2, 0) is 0 Å². The maximum atomic E-state index is 3.40. The fourth-order valence-corrected chi connectivity index (χ4v) is 0.897.